The van der Waals surface area contributed by atoms with Crippen molar-refractivity contribution in [2.45, 2.75) is 53.0 Å². The molecule has 1 aromatic carbocycles. The molecular formula is C18H25NO3. The molecule has 0 amide bonds. The van der Waals surface area contributed by atoms with Gasteiger partial charge in [-0.05, 0) is 48.9 Å². The van der Waals surface area contributed by atoms with Crippen molar-refractivity contribution >= 4 is 16.9 Å². The van der Waals surface area contributed by atoms with Crippen molar-refractivity contribution < 1.29 is 15.0 Å². The van der Waals surface area contributed by atoms with Gasteiger partial charge in [0.15, 0.2) is 0 Å². The van der Waals surface area contributed by atoms with Gasteiger partial charge in [-0.1, -0.05) is 20.8 Å². The van der Waals surface area contributed by atoms with Gasteiger partial charge in [0.05, 0.1) is 11.1 Å². The summed E-state index contributed by atoms with van der Waals surface area (Å²) in [4.78, 5) is 11.7. The highest BCUT2D eigenvalue weighted by Gasteiger charge is 2.22. The summed E-state index contributed by atoms with van der Waals surface area (Å²) >= 11 is 0. The molecule has 120 valence electrons. The maximum absolute atomic E-state index is 11.7. The van der Waals surface area contributed by atoms with Crippen LogP contribution in [0.15, 0.2) is 12.1 Å². The molecule has 2 aromatic rings. The molecule has 1 aromatic heterocycles. The van der Waals surface area contributed by atoms with E-state index in [-0.39, 0.29) is 6.61 Å². The van der Waals surface area contributed by atoms with Crippen LogP contribution >= 0.6 is 0 Å². The lowest BCUT2D eigenvalue weighted by Crippen LogP contribution is -2.07. The van der Waals surface area contributed by atoms with Crippen LogP contribution in [0.5, 0.6) is 0 Å². The summed E-state index contributed by atoms with van der Waals surface area (Å²) < 4.78 is 2.06. The standard InChI is InChI=1S/C18H25NO3/c1-5-13-9-14-16(11(2)3)12(4)19(7-6-8-20)17(14)15(10-13)18(21)22/h9-11,20H,5-8H2,1-4H3,(H,21,22). The predicted molar refractivity (Wildman–Crippen MR) is 88.8 cm³/mol. The molecule has 2 N–H and O–H groups in total. The molecule has 0 bridgehead atoms. The van der Waals surface area contributed by atoms with Gasteiger partial charge >= 0.3 is 5.97 Å². The number of nitrogens with zero attached hydrogens (tertiary/aromatic N) is 1. The maximum Gasteiger partial charge on any atom is 0.337 e. The number of fused-ring (bicyclic) bond motifs is 1. The van der Waals surface area contributed by atoms with Gasteiger partial charge in [0.25, 0.3) is 0 Å². The zero-order chi connectivity index (χ0) is 16.4. The maximum atomic E-state index is 11.7. The number of aromatic carboxylic acids is 1. The van der Waals surface area contributed by atoms with Crippen molar-refractivity contribution in [2.24, 2.45) is 0 Å². The quantitative estimate of drug-likeness (QED) is 0.855. The Labute approximate surface area is 131 Å². The summed E-state index contributed by atoms with van der Waals surface area (Å²) in [6.07, 6.45) is 1.44. The molecule has 0 unspecified atom stereocenters. The van der Waals surface area contributed by atoms with Crippen molar-refractivity contribution in [1.29, 1.82) is 0 Å². The van der Waals surface area contributed by atoms with Crippen LogP contribution in [0.25, 0.3) is 10.9 Å². The van der Waals surface area contributed by atoms with Gasteiger partial charge in [-0.15, -0.1) is 0 Å². The molecule has 0 saturated heterocycles. The summed E-state index contributed by atoms with van der Waals surface area (Å²) in [7, 11) is 0. The molecule has 1 heterocycles. The number of carbonyl (C=O) groups is 1. The third-order valence-electron chi connectivity index (χ3n) is 4.28. The molecule has 0 saturated carbocycles. The van der Waals surface area contributed by atoms with Gasteiger partial charge in [-0.2, -0.15) is 0 Å². The first kappa shape index (κ1) is 16.6. The summed E-state index contributed by atoms with van der Waals surface area (Å²) in [5.41, 5.74) is 4.52. The Bertz CT molecular complexity index is 698. The van der Waals surface area contributed by atoms with Crippen LogP contribution in [0.2, 0.25) is 0 Å². The second kappa shape index (κ2) is 6.53. The Morgan fingerprint density at radius 1 is 1.32 bits per heavy atom. The molecule has 0 aliphatic carbocycles. The van der Waals surface area contributed by atoms with E-state index in [0.717, 1.165) is 28.6 Å². The van der Waals surface area contributed by atoms with Gasteiger partial charge in [-0.3, -0.25) is 0 Å². The number of carboxylic acid groups (broad SMARTS) is 1. The molecule has 4 heteroatoms. The Kier molecular flexibility index (Phi) is 4.91. The first-order valence-corrected chi connectivity index (χ1v) is 7.92. The molecule has 0 radical (unpaired) electrons. The van der Waals surface area contributed by atoms with Crippen LogP contribution in [0.3, 0.4) is 0 Å². The second-order valence-corrected chi connectivity index (χ2v) is 6.08. The Morgan fingerprint density at radius 3 is 2.50 bits per heavy atom. The number of benzene rings is 1. The predicted octanol–water partition coefficient (Wildman–Crippen LogP) is 3.72. The van der Waals surface area contributed by atoms with Crippen molar-refractivity contribution in [2.75, 3.05) is 6.61 Å². The number of hydrogen-bond acceptors (Lipinski definition) is 2. The number of rotatable bonds is 6. The van der Waals surface area contributed by atoms with Gasteiger partial charge in [0.2, 0.25) is 0 Å². The highest BCUT2D eigenvalue weighted by molar-refractivity contribution is 6.04. The lowest BCUT2D eigenvalue weighted by Gasteiger charge is -2.10. The topological polar surface area (TPSA) is 62.5 Å². The molecule has 0 atom stereocenters. The molecule has 2 rings (SSSR count). The SMILES string of the molecule is CCc1cc(C(=O)O)c2c(c1)c(C(C)C)c(C)n2CCCO. The van der Waals surface area contributed by atoms with Gasteiger partial charge in [0, 0.05) is 24.2 Å². The summed E-state index contributed by atoms with van der Waals surface area (Å²) in [5, 5.41) is 19.8. The summed E-state index contributed by atoms with van der Waals surface area (Å²) in [5.74, 6) is -0.565. The summed E-state index contributed by atoms with van der Waals surface area (Å²) in [6.45, 7) is 9.10. The normalized spacial score (nSPS) is 11.5. The third kappa shape index (κ3) is 2.75. The van der Waals surface area contributed by atoms with Crippen LogP contribution in [0.1, 0.15) is 60.3 Å². The van der Waals surface area contributed by atoms with Gasteiger partial charge < -0.3 is 14.8 Å². The molecule has 22 heavy (non-hydrogen) atoms. The van der Waals surface area contributed by atoms with Crippen LogP contribution in [0.4, 0.5) is 0 Å². The molecule has 4 nitrogen and oxygen atoms in total. The molecule has 0 fully saturated rings. The van der Waals surface area contributed by atoms with Crippen LogP contribution in [-0.2, 0) is 13.0 Å². The Balaban J connectivity index is 2.87. The van der Waals surface area contributed by atoms with E-state index in [0.29, 0.717) is 24.4 Å². The van der Waals surface area contributed by atoms with E-state index in [1.54, 1.807) is 6.07 Å². The second-order valence-electron chi connectivity index (χ2n) is 6.08. The van der Waals surface area contributed by atoms with E-state index in [2.05, 4.69) is 24.5 Å². The minimum Gasteiger partial charge on any atom is -0.478 e. The zero-order valence-corrected chi connectivity index (χ0v) is 13.8. The van der Waals surface area contributed by atoms with Gasteiger partial charge in [0.1, 0.15) is 0 Å². The molecule has 0 aliphatic heterocycles. The fourth-order valence-electron chi connectivity index (χ4n) is 3.30. The number of hydrogen-bond donors (Lipinski definition) is 2. The molecule has 0 spiro atoms. The zero-order valence-electron chi connectivity index (χ0n) is 13.8. The number of aliphatic hydroxyl groups is 1. The van der Waals surface area contributed by atoms with Gasteiger partial charge in [-0.25, -0.2) is 4.79 Å². The van der Waals surface area contributed by atoms with E-state index in [9.17, 15) is 9.90 Å². The molecule has 0 aliphatic rings. The average Bonchev–Trinajstić information content (AvgIpc) is 2.75. The third-order valence-corrected chi connectivity index (χ3v) is 4.28. The van der Waals surface area contributed by atoms with Crippen molar-refractivity contribution in [1.82, 2.24) is 4.57 Å². The smallest absolute Gasteiger partial charge is 0.337 e. The fourth-order valence-corrected chi connectivity index (χ4v) is 3.30. The number of aryl methyl sites for hydroxylation is 2. The summed E-state index contributed by atoms with van der Waals surface area (Å²) in [6, 6.07) is 3.91. The number of carboxylic acids is 1. The van der Waals surface area contributed by atoms with E-state index in [1.807, 2.05) is 13.8 Å². The lowest BCUT2D eigenvalue weighted by atomic mass is 9.96. The minimum atomic E-state index is -0.890. The highest BCUT2D eigenvalue weighted by Crippen LogP contribution is 2.35. The van der Waals surface area contributed by atoms with Crippen molar-refractivity contribution in [3.05, 3.63) is 34.5 Å². The fraction of sp³-hybridized carbons (Fsp3) is 0.500. The first-order chi connectivity index (χ1) is 10.4. The number of aliphatic hydroxyl groups excluding tert-OH is 1. The van der Waals surface area contributed by atoms with E-state index >= 15 is 0 Å². The van der Waals surface area contributed by atoms with Crippen LogP contribution < -0.4 is 0 Å². The Hall–Kier alpha value is -1.81. The van der Waals surface area contributed by atoms with Crippen molar-refractivity contribution in [3.63, 3.8) is 0 Å². The van der Waals surface area contributed by atoms with Crippen molar-refractivity contribution in [3.8, 4) is 0 Å². The number of aromatic nitrogens is 1. The van der Waals surface area contributed by atoms with E-state index in [4.69, 9.17) is 5.11 Å². The largest absolute Gasteiger partial charge is 0.478 e. The molecular weight excluding hydrogens is 278 g/mol. The lowest BCUT2D eigenvalue weighted by molar-refractivity contribution is 0.0698. The van der Waals surface area contributed by atoms with Crippen LogP contribution in [-0.4, -0.2) is 27.4 Å². The minimum absolute atomic E-state index is 0.103. The van der Waals surface area contributed by atoms with Crippen LogP contribution in [0, 0.1) is 6.92 Å². The first-order valence-electron chi connectivity index (χ1n) is 7.92. The average molecular weight is 303 g/mol. The van der Waals surface area contributed by atoms with E-state index in [1.165, 1.54) is 5.56 Å². The highest BCUT2D eigenvalue weighted by atomic mass is 16.4. The Morgan fingerprint density at radius 2 is 2.00 bits per heavy atom. The monoisotopic (exact) mass is 303 g/mol. The van der Waals surface area contributed by atoms with E-state index < -0.39 is 5.97 Å².